The summed E-state index contributed by atoms with van der Waals surface area (Å²) in [5.74, 6) is -1.09. The molecule has 1 amide bonds. The Bertz CT molecular complexity index is 553. The summed E-state index contributed by atoms with van der Waals surface area (Å²) in [6.07, 6.45) is -0.946. The van der Waals surface area contributed by atoms with Crippen molar-refractivity contribution in [3.63, 3.8) is 0 Å². The predicted molar refractivity (Wildman–Crippen MR) is 72.3 cm³/mol. The summed E-state index contributed by atoms with van der Waals surface area (Å²) in [4.78, 5) is 23.2. The van der Waals surface area contributed by atoms with Gasteiger partial charge >= 0.3 is 5.97 Å². The minimum Gasteiger partial charge on any atom is -0.480 e. The fourth-order valence-electron chi connectivity index (χ4n) is 1.52. The number of nitrogens with one attached hydrogen (secondary N) is 1. The highest BCUT2D eigenvalue weighted by molar-refractivity contribution is 5.87. The van der Waals surface area contributed by atoms with Crippen LogP contribution in [0.4, 0.5) is 0 Å². The van der Waals surface area contributed by atoms with E-state index < -0.39 is 30.6 Å². The van der Waals surface area contributed by atoms with Gasteiger partial charge in [0, 0.05) is 0 Å². The van der Waals surface area contributed by atoms with Crippen molar-refractivity contribution in [1.82, 2.24) is 5.32 Å². The number of hydrogen-bond acceptors (Lipinski definition) is 6. The number of esters is 1. The number of nitriles is 1. The van der Waals surface area contributed by atoms with Gasteiger partial charge in [0.1, 0.15) is 11.8 Å². The van der Waals surface area contributed by atoms with E-state index in [0.717, 1.165) is 7.11 Å². The smallest absolute Gasteiger partial charge is 0.330 e. The van der Waals surface area contributed by atoms with Crippen molar-refractivity contribution >= 4 is 11.9 Å². The van der Waals surface area contributed by atoms with Gasteiger partial charge in [-0.1, -0.05) is 12.1 Å². The average Bonchev–Trinajstić information content (AvgIpc) is 2.51. The molecule has 2 unspecified atom stereocenters. The summed E-state index contributed by atoms with van der Waals surface area (Å²) in [7, 11) is 1.15. The fourth-order valence-corrected chi connectivity index (χ4v) is 1.52. The third kappa shape index (κ3) is 4.47. The van der Waals surface area contributed by atoms with Crippen molar-refractivity contribution in [2.24, 2.45) is 0 Å². The van der Waals surface area contributed by atoms with Crippen LogP contribution in [0, 0.1) is 11.3 Å². The molecule has 0 aliphatic rings. The summed E-state index contributed by atoms with van der Waals surface area (Å²) in [6.45, 7) is 0.884. The van der Waals surface area contributed by atoms with Crippen molar-refractivity contribution in [2.45, 2.75) is 19.1 Å². The summed E-state index contributed by atoms with van der Waals surface area (Å²) in [6, 6.07) is 7.27. The van der Waals surface area contributed by atoms with Gasteiger partial charge in [-0.3, -0.25) is 4.79 Å². The predicted octanol–water partition coefficient (Wildman–Crippen LogP) is -0.0243. The number of para-hydroxylation sites is 1. The van der Waals surface area contributed by atoms with Crippen molar-refractivity contribution in [1.29, 1.82) is 5.26 Å². The maximum Gasteiger partial charge on any atom is 0.330 e. The van der Waals surface area contributed by atoms with Gasteiger partial charge < -0.3 is 19.9 Å². The molecule has 0 aliphatic carbocycles. The monoisotopic (exact) mass is 292 g/mol. The standard InChI is InChI=1S/C14H16N2O5/c1-9(13(18)16-11(8-17)14(19)20-2)21-12-6-4-3-5-10(12)7-15/h3-6,9,11,17H,8H2,1-2H3,(H,16,18). The van der Waals surface area contributed by atoms with Crippen molar-refractivity contribution < 1.29 is 24.2 Å². The Balaban J connectivity index is 2.71. The quantitative estimate of drug-likeness (QED) is 0.713. The van der Waals surface area contributed by atoms with Crippen molar-refractivity contribution in [3.8, 4) is 11.8 Å². The Morgan fingerprint density at radius 2 is 2.10 bits per heavy atom. The van der Waals surface area contributed by atoms with E-state index in [1.54, 1.807) is 24.3 Å². The lowest BCUT2D eigenvalue weighted by Crippen LogP contribution is -2.48. The number of carbonyl (C=O) groups excluding carboxylic acids is 2. The summed E-state index contributed by atoms with van der Waals surface area (Å²) in [5, 5.41) is 20.3. The van der Waals surface area contributed by atoms with Gasteiger partial charge in [-0.05, 0) is 19.1 Å². The van der Waals surface area contributed by atoms with E-state index in [1.807, 2.05) is 6.07 Å². The molecule has 1 aromatic carbocycles. The molecule has 7 heteroatoms. The number of carbonyl (C=O) groups is 2. The van der Waals surface area contributed by atoms with E-state index in [2.05, 4.69) is 10.1 Å². The highest BCUT2D eigenvalue weighted by Gasteiger charge is 2.24. The summed E-state index contributed by atoms with van der Waals surface area (Å²) in [5.41, 5.74) is 0.295. The maximum absolute atomic E-state index is 11.9. The topological polar surface area (TPSA) is 109 Å². The zero-order valence-corrected chi connectivity index (χ0v) is 11.7. The molecule has 7 nitrogen and oxygen atoms in total. The first-order valence-corrected chi connectivity index (χ1v) is 6.18. The number of aliphatic hydroxyl groups excluding tert-OH is 1. The SMILES string of the molecule is COC(=O)C(CO)NC(=O)C(C)Oc1ccccc1C#N. The molecule has 0 heterocycles. The van der Waals surface area contributed by atoms with E-state index in [-0.39, 0.29) is 5.75 Å². The van der Waals surface area contributed by atoms with Gasteiger partial charge in [0.25, 0.3) is 5.91 Å². The van der Waals surface area contributed by atoms with Gasteiger partial charge in [-0.25, -0.2) is 4.79 Å². The van der Waals surface area contributed by atoms with Crippen LogP contribution in [0.5, 0.6) is 5.75 Å². The molecule has 0 bridgehead atoms. The third-order valence-electron chi connectivity index (χ3n) is 2.67. The van der Waals surface area contributed by atoms with Crippen LogP contribution in [0.25, 0.3) is 0 Å². The molecule has 0 fully saturated rings. The minimum atomic E-state index is -1.15. The molecule has 2 N–H and O–H groups in total. The second kappa shape index (κ2) is 7.87. The van der Waals surface area contributed by atoms with Crippen LogP contribution in [0.3, 0.4) is 0 Å². The Morgan fingerprint density at radius 3 is 2.67 bits per heavy atom. The molecular formula is C14H16N2O5. The molecule has 0 aliphatic heterocycles. The lowest BCUT2D eigenvalue weighted by molar-refractivity contribution is -0.147. The van der Waals surface area contributed by atoms with Gasteiger partial charge in [-0.2, -0.15) is 5.26 Å². The Hall–Kier alpha value is -2.59. The van der Waals surface area contributed by atoms with Crippen LogP contribution in [-0.2, 0) is 14.3 Å². The number of ether oxygens (including phenoxy) is 2. The van der Waals surface area contributed by atoms with E-state index >= 15 is 0 Å². The van der Waals surface area contributed by atoms with E-state index in [1.165, 1.54) is 6.92 Å². The zero-order chi connectivity index (χ0) is 15.8. The fraction of sp³-hybridized carbons (Fsp3) is 0.357. The van der Waals surface area contributed by atoms with E-state index in [0.29, 0.717) is 5.56 Å². The number of hydrogen-bond donors (Lipinski definition) is 2. The van der Waals surface area contributed by atoms with Crippen LogP contribution >= 0.6 is 0 Å². The van der Waals surface area contributed by atoms with Crippen LogP contribution < -0.4 is 10.1 Å². The molecule has 0 spiro atoms. The van der Waals surface area contributed by atoms with Crippen LogP contribution in [-0.4, -0.2) is 42.8 Å². The Labute approximate surface area is 122 Å². The highest BCUT2D eigenvalue weighted by Crippen LogP contribution is 2.18. The van der Waals surface area contributed by atoms with Gasteiger partial charge in [0.2, 0.25) is 0 Å². The van der Waals surface area contributed by atoms with Crippen LogP contribution in [0.15, 0.2) is 24.3 Å². The first kappa shape index (κ1) is 16.5. The lowest BCUT2D eigenvalue weighted by Gasteiger charge is -2.18. The number of amides is 1. The Kier molecular flexibility index (Phi) is 6.17. The molecule has 0 saturated heterocycles. The molecule has 112 valence electrons. The van der Waals surface area contributed by atoms with Gasteiger partial charge in [0.15, 0.2) is 12.1 Å². The molecule has 0 radical (unpaired) electrons. The third-order valence-corrected chi connectivity index (χ3v) is 2.67. The molecule has 0 aromatic heterocycles. The lowest BCUT2D eigenvalue weighted by atomic mass is 10.2. The molecule has 21 heavy (non-hydrogen) atoms. The summed E-state index contributed by atoms with van der Waals surface area (Å²) < 4.78 is 9.83. The number of methoxy groups -OCH3 is 1. The molecular weight excluding hydrogens is 276 g/mol. The van der Waals surface area contributed by atoms with Crippen molar-refractivity contribution in [2.75, 3.05) is 13.7 Å². The molecule has 1 rings (SSSR count). The second-order valence-electron chi connectivity index (χ2n) is 4.13. The second-order valence-corrected chi connectivity index (χ2v) is 4.13. The maximum atomic E-state index is 11.9. The zero-order valence-electron chi connectivity index (χ0n) is 11.7. The number of benzene rings is 1. The Morgan fingerprint density at radius 1 is 1.43 bits per heavy atom. The van der Waals surface area contributed by atoms with Crippen molar-refractivity contribution in [3.05, 3.63) is 29.8 Å². The van der Waals surface area contributed by atoms with Crippen LogP contribution in [0.1, 0.15) is 12.5 Å². The number of nitrogens with zero attached hydrogens (tertiary/aromatic N) is 1. The first-order chi connectivity index (χ1) is 10.0. The number of rotatable bonds is 6. The normalized spacial score (nSPS) is 12.7. The average molecular weight is 292 g/mol. The van der Waals surface area contributed by atoms with Gasteiger partial charge in [-0.15, -0.1) is 0 Å². The van der Waals surface area contributed by atoms with E-state index in [9.17, 15) is 9.59 Å². The van der Waals surface area contributed by atoms with Crippen LogP contribution in [0.2, 0.25) is 0 Å². The van der Waals surface area contributed by atoms with E-state index in [4.69, 9.17) is 15.1 Å². The summed E-state index contributed by atoms with van der Waals surface area (Å²) >= 11 is 0. The minimum absolute atomic E-state index is 0.265. The molecule has 2 atom stereocenters. The first-order valence-electron chi connectivity index (χ1n) is 6.18. The number of aliphatic hydroxyl groups is 1. The van der Waals surface area contributed by atoms with Gasteiger partial charge in [0.05, 0.1) is 19.3 Å². The highest BCUT2D eigenvalue weighted by atomic mass is 16.5. The molecule has 0 saturated carbocycles. The largest absolute Gasteiger partial charge is 0.480 e. The molecule has 1 aromatic rings.